The number of hydrogen-bond acceptors (Lipinski definition) is 12. The normalized spacial score (nSPS) is 32.3. The molecule has 2 aliphatic carbocycles. The molecule has 12 nitrogen and oxygen atoms in total. The number of pyridine rings is 1. The maximum atomic E-state index is 13.9. The molecule has 0 N–H and O–H groups in total. The van der Waals surface area contributed by atoms with Crippen LogP contribution in [0.5, 0.6) is 0 Å². The summed E-state index contributed by atoms with van der Waals surface area (Å²) in [5.74, 6) is -4.47. The van der Waals surface area contributed by atoms with Crippen LogP contribution in [0.15, 0.2) is 54.7 Å². The van der Waals surface area contributed by atoms with Gasteiger partial charge in [0.25, 0.3) is 0 Å². The Hall–Kier alpha value is -4.32. The van der Waals surface area contributed by atoms with Crippen LogP contribution in [0.3, 0.4) is 0 Å². The Morgan fingerprint density at radius 3 is 2.09 bits per heavy atom. The lowest BCUT2D eigenvalue weighted by Crippen LogP contribution is -2.77. The third-order valence-electron chi connectivity index (χ3n) is 9.55. The van der Waals surface area contributed by atoms with E-state index in [0.717, 1.165) is 0 Å². The van der Waals surface area contributed by atoms with Crippen molar-refractivity contribution in [3.8, 4) is 0 Å². The van der Waals surface area contributed by atoms with Crippen LogP contribution in [0.2, 0.25) is 0 Å². The van der Waals surface area contributed by atoms with Gasteiger partial charge in [-0.25, -0.2) is 14.6 Å². The first-order chi connectivity index (χ1) is 21.7. The molecule has 1 spiro atoms. The molecule has 2 bridgehead atoms. The zero-order chi connectivity index (χ0) is 33.4. The van der Waals surface area contributed by atoms with Crippen LogP contribution in [0.1, 0.15) is 75.2 Å². The molecule has 0 unspecified atom stereocenters. The molecule has 5 rings (SSSR count). The first-order valence-corrected chi connectivity index (χ1v) is 15.3. The summed E-state index contributed by atoms with van der Waals surface area (Å²) < 4.78 is 37.1. The van der Waals surface area contributed by atoms with Gasteiger partial charge < -0.3 is 28.4 Å². The first kappa shape index (κ1) is 33.1. The number of hydrogen-bond donors (Lipinski definition) is 0. The van der Waals surface area contributed by atoms with Crippen LogP contribution in [-0.4, -0.2) is 77.1 Å². The summed E-state index contributed by atoms with van der Waals surface area (Å²) in [6.07, 6.45) is -3.03. The van der Waals surface area contributed by atoms with Crippen molar-refractivity contribution in [2.24, 2.45) is 17.3 Å². The Bertz CT molecular complexity index is 1490. The number of carbonyl (C=O) groups excluding carboxylic acids is 5. The summed E-state index contributed by atoms with van der Waals surface area (Å²) in [5, 5.41) is 0. The number of ether oxygens (including phenoxy) is 6. The molecule has 1 aromatic carbocycles. The predicted molar refractivity (Wildman–Crippen MR) is 159 cm³/mol. The number of nitrogens with zero attached hydrogens (tertiary/aromatic N) is 1. The van der Waals surface area contributed by atoms with E-state index in [1.165, 1.54) is 33.0 Å². The molecule has 1 aliphatic heterocycles. The van der Waals surface area contributed by atoms with Crippen LogP contribution >= 0.6 is 0 Å². The number of esters is 5. The number of aromatic nitrogens is 1. The molecule has 2 aromatic rings. The highest BCUT2D eigenvalue weighted by atomic mass is 16.6. The van der Waals surface area contributed by atoms with Gasteiger partial charge in [-0.2, -0.15) is 0 Å². The van der Waals surface area contributed by atoms with Gasteiger partial charge in [-0.05, 0) is 56.9 Å². The van der Waals surface area contributed by atoms with E-state index in [9.17, 15) is 24.0 Å². The Morgan fingerprint density at radius 1 is 0.826 bits per heavy atom. The quantitative estimate of drug-likeness (QED) is 0.305. The molecular formula is C34H39NO11. The van der Waals surface area contributed by atoms with Gasteiger partial charge in [0.15, 0.2) is 12.2 Å². The van der Waals surface area contributed by atoms with E-state index in [1.807, 2.05) is 20.8 Å². The highest BCUT2D eigenvalue weighted by Crippen LogP contribution is 2.68. The van der Waals surface area contributed by atoms with Gasteiger partial charge in [0.2, 0.25) is 0 Å². The third kappa shape index (κ3) is 5.74. The van der Waals surface area contributed by atoms with E-state index in [4.69, 9.17) is 28.4 Å². The molecule has 12 heteroatoms. The lowest BCUT2D eigenvalue weighted by Gasteiger charge is -2.62. The summed E-state index contributed by atoms with van der Waals surface area (Å²) in [4.78, 5) is 69.4. The van der Waals surface area contributed by atoms with Crippen LogP contribution in [0.4, 0.5) is 0 Å². The largest absolute Gasteiger partial charge is 0.460 e. The van der Waals surface area contributed by atoms with Crippen molar-refractivity contribution in [1.82, 2.24) is 4.98 Å². The van der Waals surface area contributed by atoms with Crippen molar-refractivity contribution < 1.29 is 52.4 Å². The highest BCUT2D eigenvalue weighted by Gasteiger charge is 2.81. The molecule has 246 valence electrons. The zero-order valence-electron chi connectivity index (χ0n) is 26.7. The second-order valence-electron chi connectivity index (χ2n) is 12.8. The number of rotatable bonds is 8. The molecule has 8 atom stereocenters. The standard InChI is InChI=1S/C34H39NO11/c1-19-16-26(42-20(2)36)28(44-22(4)38)33(18-41-31(40)25-14-10-11-15-35-25)29(45-30(39)23-12-8-7-9-13-23)27(43-21(3)37)24-17-34(19,33)46-32(24,5)6/h7-15,19,24,26-29H,16-18H2,1-6H3/t19-,24+,26+,27+,28+,29-,33+,34+/m1/s1. The average Bonchev–Trinajstić information content (AvgIpc) is 3.26. The van der Waals surface area contributed by atoms with Gasteiger partial charge in [-0.1, -0.05) is 31.2 Å². The fraction of sp³-hybridized carbons (Fsp3) is 0.529. The maximum absolute atomic E-state index is 13.9. The molecule has 1 saturated heterocycles. The first-order valence-electron chi connectivity index (χ1n) is 15.3. The molecule has 0 radical (unpaired) electrons. The molecule has 46 heavy (non-hydrogen) atoms. The van der Waals surface area contributed by atoms with Crippen molar-refractivity contribution >= 4 is 29.8 Å². The van der Waals surface area contributed by atoms with Crippen LogP contribution < -0.4 is 0 Å². The molecule has 2 saturated carbocycles. The smallest absolute Gasteiger partial charge is 0.356 e. The molecule has 0 amide bonds. The van der Waals surface area contributed by atoms with Crippen LogP contribution in [0.25, 0.3) is 0 Å². The Kier molecular flexibility index (Phi) is 8.96. The van der Waals surface area contributed by atoms with Gasteiger partial charge in [-0.3, -0.25) is 14.4 Å². The highest BCUT2D eigenvalue weighted by molar-refractivity contribution is 5.89. The zero-order valence-corrected chi connectivity index (χ0v) is 26.7. The maximum Gasteiger partial charge on any atom is 0.356 e. The fourth-order valence-corrected chi connectivity index (χ4v) is 7.84. The molecule has 3 fully saturated rings. The summed E-state index contributed by atoms with van der Waals surface area (Å²) in [6, 6.07) is 13.0. The number of fused-ring (bicyclic) bond motifs is 1. The molecule has 3 aliphatic rings. The fourth-order valence-electron chi connectivity index (χ4n) is 7.84. The molecule has 2 heterocycles. The van der Waals surface area contributed by atoms with Gasteiger partial charge in [-0.15, -0.1) is 0 Å². The van der Waals surface area contributed by atoms with E-state index >= 15 is 0 Å². The minimum atomic E-state index is -1.74. The van der Waals surface area contributed by atoms with E-state index in [1.54, 1.807) is 42.5 Å². The van der Waals surface area contributed by atoms with Crippen molar-refractivity contribution in [3.05, 3.63) is 66.0 Å². The van der Waals surface area contributed by atoms with Gasteiger partial charge in [0, 0.05) is 32.9 Å². The predicted octanol–water partition coefficient (Wildman–Crippen LogP) is 3.85. The van der Waals surface area contributed by atoms with Gasteiger partial charge >= 0.3 is 29.8 Å². The summed E-state index contributed by atoms with van der Waals surface area (Å²) >= 11 is 0. The van der Waals surface area contributed by atoms with E-state index in [-0.39, 0.29) is 24.1 Å². The summed E-state index contributed by atoms with van der Waals surface area (Å²) in [6.45, 7) is 8.73. The third-order valence-corrected chi connectivity index (χ3v) is 9.55. The van der Waals surface area contributed by atoms with Crippen LogP contribution in [0, 0.1) is 17.3 Å². The molecule has 1 aromatic heterocycles. The van der Waals surface area contributed by atoms with Crippen molar-refractivity contribution in [2.75, 3.05) is 6.61 Å². The van der Waals surface area contributed by atoms with E-state index in [2.05, 4.69) is 4.98 Å². The van der Waals surface area contributed by atoms with Gasteiger partial charge in [0.1, 0.15) is 29.9 Å². The Labute approximate surface area is 267 Å². The Balaban J connectivity index is 1.77. The number of carbonyl (C=O) groups is 5. The molecular weight excluding hydrogens is 598 g/mol. The monoisotopic (exact) mass is 637 g/mol. The number of benzene rings is 1. The SMILES string of the molecule is CC(=O)O[C@@H]1[C@@H](OC(=O)c2ccccc2)[C@]2(COC(=O)c3ccccn3)[C@@H](OC(C)=O)[C@@H](OC(C)=O)C[C@@H](C)[C@@]23C[C@@H]1C(C)(C)O3. The van der Waals surface area contributed by atoms with Gasteiger partial charge in [0.05, 0.1) is 16.8 Å². The second-order valence-corrected chi connectivity index (χ2v) is 12.8. The minimum absolute atomic E-state index is 0.00750. The summed E-state index contributed by atoms with van der Waals surface area (Å²) in [5.41, 5.74) is -3.75. The summed E-state index contributed by atoms with van der Waals surface area (Å²) in [7, 11) is 0. The average molecular weight is 638 g/mol. The minimum Gasteiger partial charge on any atom is -0.460 e. The Morgan fingerprint density at radius 2 is 1.48 bits per heavy atom. The van der Waals surface area contributed by atoms with Crippen molar-refractivity contribution in [2.45, 2.75) is 90.0 Å². The second kappa shape index (κ2) is 12.5. The van der Waals surface area contributed by atoms with Crippen molar-refractivity contribution in [3.63, 3.8) is 0 Å². The van der Waals surface area contributed by atoms with Crippen LogP contribution in [-0.2, 0) is 42.8 Å². The lowest BCUT2D eigenvalue weighted by atomic mass is 9.48. The lowest BCUT2D eigenvalue weighted by molar-refractivity contribution is -0.306. The van der Waals surface area contributed by atoms with Crippen molar-refractivity contribution in [1.29, 1.82) is 0 Å². The van der Waals surface area contributed by atoms with E-state index in [0.29, 0.717) is 0 Å². The topological polar surface area (TPSA) is 154 Å². The van der Waals surface area contributed by atoms with E-state index < -0.39 is 89.3 Å².